The number of carboxylic acid groups (broad SMARTS) is 1. The number of primary amides is 2. The highest BCUT2D eigenvalue weighted by Gasteiger charge is 2.38. The third kappa shape index (κ3) is 10.3. The number of nitrogens with zero attached hydrogens (tertiary/aromatic N) is 1. The molecule has 4 unspecified atom stereocenters. The maximum absolute atomic E-state index is 13.0. The summed E-state index contributed by atoms with van der Waals surface area (Å²) in [5, 5.41) is 14.3. The Labute approximate surface area is 203 Å². The average Bonchev–Trinajstić information content (AvgIpc) is 3.28. The van der Waals surface area contributed by atoms with E-state index in [1.165, 1.54) is 4.90 Å². The van der Waals surface area contributed by atoms with Crippen LogP contribution in [0.5, 0.6) is 0 Å². The lowest BCUT2D eigenvalue weighted by atomic mass is 10.1. The molecule has 0 aromatic heterocycles. The highest BCUT2D eigenvalue weighted by molar-refractivity contribution is 5.94. The molecule has 0 aliphatic carbocycles. The molecular formula is C21H37N7O7. The van der Waals surface area contributed by atoms with E-state index >= 15 is 0 Å². The summed E-state index contributed by atoms with van der Waals surface area (Å²) in [7, 11) is 0. The van der Waals surface area contributed by atoms with Gasteiger partial charge in [0.05, 0.1) is 6.04 Å². The van der Waals surface area contributed by atoms with Crippen LogP contribution in [-0.4, -0.2) is 82.8 Å². The molecule has 11 N–H and O–H groups in total. The SMILES string of the molecule is NCCCCC(NC(=O)C(CCC(N)=O)NC(=O)C1CCCN1C(=O)C(N)CCC(N)=O)C(=O)O. The summed E-state index contributed by atoms with van der Waals surface area (Å²) in [6, 6.07) is -4.37. The lowest BCUT2D eigenvalue weighted by molar-refractivity contribution is -0.143. The monoisotopic (exact) mass is 499 g/mol. The molecule has 14 heteroatoms. The molecule has 1 saturated heterocycles. The van der Waals surface area contributed by atoms with Gasteiger partial charge in [-0.1, -0.05) is 0 Å². The number of carboxylic acids is 1. The van der Waals surface area contributed by atoms with Crippen molar-refractivity contribution in [3.63, 3.8) is 0 Å². The van der Waals surface area contributed by atoms with Crippen LogP contribution in [0.1, 0.15) is 57.8 Å². The zero-order chi connectivity index (χ0) is 26.5. The number of unbranched alkanes of at least 4 members (excludes halogenated alkanes) is 1. The first-order valence-electron chi connectivity index (χ1n) is 11.6. The van der Waals surface area contributed by atoms with E-state index in [9.17, 15) is 33.9 Å². The molecule has 1 aliphatic heterocycles. The molecule has 0 bridgehead atoms. The number of aliphatic carboxylic acids is 1. The zero-order valence-corrected chi connectivity index (χ0v) is 19.7. The van der Waals surface area contributed by atoms with Crippen molar-refractivity contribution >= 4 is 35.5 Å². The van der Waals surface area contributed by atoms with Crippen molar-refractivity contribution in [1.29, 1.82) is 0 Å². The predicted molar refractivity (Wildman–Crippen MR) is 124 cm³/mol. The molecule has 0 radical (unpaired) electrons. The van der Waals surface area contributed by atoms with Crippen LogP contribution in [0, 0.1) is 0 Å². The third-order valence-corrected chi connectivity index (χ3v) is 5.73. The Balaban J connectivity index is 2.90. The number of nitrogens with one attached hydrogen (secondary N) is 2. The van der Waals surface area contributed by atoms with Gasteiger partial charge in [0.15, 0.2) is 0 Å². The molecule has 1 aliphatic rings. The largest absolute Gasteiger partial charge is 0.480 e. The number of likely N-dealkylation sites (tertiary alicyclic amines) is 1. The van der Waals surface area contributed by atoms with Gasteiger partial charge in [0.25, 0.3) is 0 Å². The highest BCUT2D eigenvalue weighted by Crippen LogP contribution is 2.19. The minimum absolute atomic E-state index is 0.0311. The quantitative estimate of drug-likeness (QED) is 0.107. The molecule has 0 aromatic rings. The molecule has 1 fully saturated rings. The molecule has 0 aromatic carbocycles. The summed E-state index contributed by atoms with van der Waals surface area (Å²) in [5.74, 6) is -4.49. The second-order valence-electron chi connectivity index (χ2n) is 8.55. The number of amides is 5. The number of nitrogens with two attached hydrogens (primary N) is 4. The van der Waals surface area contributed by atoms with E-state index in [1.807, 2.05) is 0 Å². The summed E-state index contributed by atoms with van der Waals surface area (Å²) in [6.45, 7) is 0.641. The standard InChI is InChI=1S/C21H37N7O7/c22-10-2-1-4-14(21(34)35)27-18(31)13(7-9-17(25)30)26-19(32)15-5-3-11-28(15)20(33)12(23)6-8-16(24)29/h12-15H,1-11,22-23H2,(H2,24,29)(H2,25,30)(H,26,32)(H,27,31)(H,34,35). The van der Waals surface area contributed by atoms with Crippen molar-refractivity contribution in [3.05, 3.63) is 0 Å². The van der Waals surface area contributed by atoms with Crippen LogP contribution in [0.2, 0.25) is 0 Å². The lowest BCUT2D eigenvalue weighted by Gasteiger charge is -2.28. The van der Waals surface area contributed by atoms with Gasteiger partial charge in [0.2, 0.25) is 29.5 Å². The first kappa shape index (κ1) is 29.8. The van der Waals surface area contributed by atoms with E-state index in [1.54, 1.807) is 0 Å². The lowest BCUT2D eigenvalue weighted by Crippen LogP contribution is -2.56. The van der Waals surface area contributed by atoms with E-state index in [-0.39, 0.29) is 38.6 Å². The molecule has 0 saturated carbocycles. The molecule has 0 spiro atoms. The topological polar surface area (TPSA) is 254 Å². The molecule has 198 valence electrons. The maximum Gasteiger partial charge on any atom is 0.326 e. The van der Waals surface area contributed by atoms with Crippen LogP contribution in [0.4, 0.5) is 0 Å². The number of carbonyl (C=O) groups excluding carboxylic acids is 5. The smallest absolute Gasteiger partial charge is 0.326 e. The molecule has 1 heterocycles. The van der Waals surface area contributed by atoms with E-state index in [4.69, 9.17) is 22.9 Å². The van der Waals surface area contributed by atoms with Crippen LogP contribution in [0.3, 0.4) is 0 Å². The van der Waals surface area contributed by atoms with Gasteiger partial charge in [-0.2, -0.15) is 0 Å². The van der Waals surface area contributed by atoms with Gasteiger partial charge in [0.1, 0.15) is 18.1 Å². The van der Waals surface area contributed by atoms with E-state index in [0.29, 0.717) is 32.2 Å². The first-order chi connectivity index (χ1) is 16.5. The molecular weight excluding hydrogens is 462 g/mol. The van der Waals surface area contributed by atoms with Crippen LogP contribution in [0.25, 0.3) is 0 Å². The molecule has 4 atom stereocenters. The summed E-state index contributed by atoms with van der Waals surface area (Å²) in [4.78, 5) is 73.6. The summed E-state index contributed by atoms with van der Waals surface area (Å²) in [6.07, 6.45) is 1.61. The van der Waals surface area contributed by atoms with Crippen molar-refractivity contribution in [3.8, 4) is 0 Å². The molecule has 14 nitrogen and oxygen atoms in total. The van der Waals surface area contributed by atoms with Gasteiger partial charge >= 0.3 is 5.97 Å². The van der Waals surface area contributed by atoms with E-state index in [0.717, 1.165) is 0 Å². The van der Waals surface area contributed by atoms with E-state index < -0.39 is 59.7 Å². The second kappa shape index (κ2) is 14.9. The fourth-order valence-electron chi connectivity index (χ4n) is 3.78. The number of rotatable bonds is 16. The fraction of sp³-hybridized carbons (Fsp3) is 0.714. The Bertz CT molecular complexity index is 792. The Morgan fingerprint density at radius 2 is 1.54 bits per heavy atom. The Hall–Kier alpha value is -3.26. The van der Waals surface area contributed by atoms with Gasteiger partial charge in [-0.15, -0.1) is 0 Å². The average molecular weight is 500 g/mol. The second-order valence-corrected chi connectivity index (χ2v) is 8.55. The maximum atomic E-state index is 13.0. The number of hydrogen-bond donors (Lipinski definition) is 7. The summed E-state index contributed by atoms with van der Waals surface area (Å²) >= 11 is 0. The fourth-order valence-corrected chi connectivity index (χ4v) is 3.78. The number of carbonyl (C=O) groups is 6. The zero-order valence-electron chi connectivity index (χ0n) is 19.7. The van der Waals surface area contributed by atoms with Crippen LogP contribution in [0.15, 0.2) is 0 Å². The molecule has 35 heavy (non-hydrogen) atoms. The molecule has 5 amide bonds. The van der Waals surface area contributed by atoms with Crippen molar-refractivity contribution in [2.75, 3.05) is 13.1 Å². The normalized spacial score (nSPS) is 17.8. The minimum Gasteiger partial charge on any atom is -0.480 e. The van der Waals surface area contributed by atoms with Crippen molar-refractivity contribution in [2.24, 2.45) is 22.9 Å². The van der Waals surface area contributed by atoms with Gasteiger partial charge in [-0.05, 0) is 51.5 Å². The van der Waals surface area contributed by atoms with Crippen molar-refractivity contribution < 1.29 is 33.9 Å². The number of hydrogen-bond acceptors (Lipinski definition) is 8. The third-order valence-electron chi connectivity index (χ3n) is 5.73. The summed E-state index contributed by atoms with van der Waals surface area (Å²) in [5.41, 5.74) is 21.6. The van der Waals surface area contributed by atoms with Crippen LogP contribution < -0.4 is 33.6 Å². The van der Waals surface area contributed by atoms with Gasteiger partial charge < -0.3 is 43.6 Å². The predicted octanol–water partition coefficient (Wildman–Crippen LogP) is -2.98. The van der Waals surface area contributed by atoms with Crippen molar-refractivity contribution in [1.82, 2.24) is 15.5 Å². The Morgan fingerprint density at radius 1 is 0.914 bits per heavy atom. The Kier molecular flexibility index (Phi) is 12.7. The highest BCUT2D eigenvalue weighted by atomic mass is 16.4. The van der Waals surface area contributed by atoms with Gasteiger partial charge in [-0.25, -0.2) is 4.79 Å². The van der Waals surface area contributed by atoms with Crippen LogP contribution >= 0.6 is 0 Å². The summed E-state index contributed by atoms with van der Waals surface area (Å²) < 4.78 is 0. The first-order valence-corrected chi connectivity index (χ1v) is 11.6. The van der Waals surface area contributed by atoms with Gasteiger partial charge in [-0.3, -0.25) is 24.0 Å². The van der Waals surface area contributed by atoms with Crippen molar-refractivity contribution in [2.45, 2.75) is 82.0 Å². The van der Waals surface area contributed by atoms with Gasteiger partial charge in [0, 0.05) is 19.4 Å². The van der Waals surface area contributed by atoms with E-state index in [2.05, 4.69) is 10.6 Å². The van der Waals surface area contributed by atoms with Crippen LogP contribution in [-0.2, 0) is 28.8 Å². The minimum atomic E-state index is -1.24. The molecule has 1 rings (SSSR count). The Morgan fingerprint density at radius 3 is 2.11 bits per heavy atom.